The topological polar surface area (TPSA) is 54.8 Å². The number of pyridine rings is 1. The SMILES string of the molecule is CC(=O)N1CCC(N2C[C@@H]3C[C@H](C2)c2ccc(-c4ccc(OC(F)(F)F)cc4)c(=O)n2C3)CC1. The summed E-state index contributed by atoms with van der Waals surface area (Å²) in [6.45, 7) is 5.73. The first kappa shape index (κ1) is 23.0. The molecule has 6 nitrogen and oxygen atoms in total. The van der Waals surface area contributed by atoms with E-state index >= 15 is 0 Å². The molecule has 4 heterocycles. The number of carbonyl (C=O) groups excluding carboxylic acids is 1. The average Bonchev–Trinajstić information content (AvgIpc) is 2.79. The van der Waals surface area contributed by atoms with E-state index in [2.05, 4.69) is 9.64 Å². The minimum atomic E-state index is -4.75. The normalized spacial score (nSPS) is 23.5. The minimum Gasteiger partial charge on any atom is -0.406 e. The van der Waals surface area contributed by atoms with Crippen molar-refractivity contribution in [3.05, 3.63) is 52.4 Å². The second kappa shape index (κ2) is 8.76. The number of halogens is 3. The zero-order valence-corrected chi connectivity index (χ0v) is 19.1. The smallest absolute Gasteiger partial charge is 0.406 e. The van der Waals surface area contributed by atoms with Gasteiger partial charge in [0, 0.05) is 62.9 Å². The van der Waals surface area contributed by atoms with Gasteiger partial charge in [0.05, 0.1) is 0 Å². The fourth-order valence-electron chi connectivity index (χ4n) is 5.88. The summed E-state index contributed by atoms with van der Waals surface area (Å²) in [7, 11) is 0. The first-order valence-corrected chi connectivity index (χ1v) is 11.8. The first-order chi connectivity index (χ1) is 16.2. The lowest BCUT2D eigenvalue weighted by atomic mass is 9.81. The van der Waals surface area contributed by atoms with E-state index in [1.165, 1.54) is 24.3 Å². The van der Waals surface area contributed by atoms with Gasteiger partial charge in [0.1, 0.15) is 5.75 Å². The van der Waals surface area contributed by atoms with E-state index in [0.717, 1.165) is 51.1 Å². The third-order valence-electron chi connectivity index (χ3n) is 7.46. The van der Waals surface area contributed by atoms with Crippen molar-refractivity contribution in [2.75, 3.05) is 26.2 Å². The Hall–Kier alpha value is -2.81. The van der Waals surface area contributed by atoms with E-state index in [-0.39, 0.29) is 23.1 Å². The fourth-order valence-corrected chi connectivity index (χ4v) is 5.88. The van der Waals surface area contributed by atoms with Crippen LogP contribution in [0.5, 0.6) is 5.75 Å². The van der Waals surface area contributed by atoms with Gasteiger partial charge in [0.2, 0.25) is 5.91 Å². The quantitative estimate of drug-likeness (QED) is 0.677. The van der Waals surface area contributed by atoms with Gasteiger partial charge in [-0.05, 0) is 55.0 Å². The number of amides is 1. The Morgan fingerprint density at radius 2 is 1.71 bits per heavy atom. The van der Waals surface area contributed by atoms with E-state index in [0.29, 0.717) is 29.6 Å². The molecular weight excluding hydrogens is 447 g/mol. The molecule has 5 rings (SSSR count). The molecule has 0 spiro atoms. The number of nitrogens with zero attached hydrogens (tertiary/aromatic N) is 3. The van der Waals surface area contributed by atoms with Crippen LogP contribution in [0.1, 0.15) is 37.8 Å². The molecule has 1 aromatic carbocycles. The number of hydrogen-bond donors (Lipinski definition) is 0. The van der Waals surface area contributed by atoms with Gasteiger partial charge in [-0.2, -0.15) is 0 Å². The second-order valence-electron chi connectivity index (χ2n) is 9.65. The third-order valence-corrected chi connectivity index (χ3v) is 7.46. The molecule has 9 heteroatoms. The van der Waals surface area contributed by atoms with E-state index in [9.17, 15) is 22.8 Å². The molecule has 2 bridgehead atoms. The number of benzene rings is 1. The molecule has 182 valence electrons. The number of piperidine rings is 2. The van der Waals surface area contributed by atoms with Crippen molar-refractivity contribution < 1.29 is 22.7 Å². The standard InChI is InChI=1S/C25H28F3N3O3/c1-16(32)29-10-8-20(9-11-29)30-13-17-12-19(15-30)23-7-6-22(24(33)31(23)14-17)18-2-4-21(5-3-18)34-25(26,27)28/h2-7,17,19-20H,8-15H2,1H3/t17-,19+/m0/s1. The molecule has 0 saturated carbocycles. The van der Waals surface area contributed by atoms with Crippen LogP contribution in [-0.2, 0) is 11.3 Å². The highest BCUT2D eigenvalue weighted by Gasteiger charge is 2.38. The monoisotopic (exact) mass is 475 g/mol. The molecule has 3 aliphatic heterocycles. The molecular formula is C25H28F3N3O3. The lowest BCUT2D eigenvalue weighted by Gasteiger charge is -2.47. The van der Waals surface area contributed by atoms with Gasteiger partial charge in [-0.3, -0.25) is 14.5 Å². The number of carbonyl (C=O) groups is 1. The zero-order chi connectivity index (χ0) is 24.0. The summed E-state index contributed by atoms with van der Waals surface area (Å²) >= 11 is 0. The third kappa shape index (κ3) is 4.58. The predicted octanol–water partition coefficient (Wildman–Crippen LogP) is 3.84. The zero-order valence-electron chi connectivity index (χ0n) is 19.1. The number of rotatable bonds is 3. The van der Waals surface area contributed by atoms with Crippen LogP contribution < -0.4 is 10.3 Å². The summed E-state index contributed by atoms with van der Waals surface area (Å²) < 4.78 is 43.1. The number of ether oxygens (including phenoxy) is 1. The molecule has 34 heavy (non-hydrogen) atoms. The van der Waals surface area contributed by atoms with Crippen molar-refractivity contribution in [3.63, 3.8) is 0 Å². The maximum Gasteiger partial charge on any atom is 0.573 e. The van der Waals surface area contributed by atoms with Gasteiger partial charge in [-0.1, -0.05) is 12.1 Å². The Morgan fingerprint density at radius 1 is 1.00 bits per heavy atom. The van der Waals surface area contributed by atoms with Crippen LogP contribution in [-0.4, -0.2) is 58.9 Å². The van der Waals surface area contributed by atoms with Crippen molar-refractivity contribution in [1.82, 2.24) is 14.4 Å². The summed E-state index contributed by atoms with van der Waals surface area (Å²) in [4.78, 5) is 29.5. The average molecular weight is 476 g/mol. The minimum absolute atomic E-state index is 0.0973. The van der Waals surface area contributed by atoms with Crippen molar-refractivity contribution in [2.45, 2.75) is 51.1 Å². The van der Waals surface area contributed by atoms with Crippen LogP contribution in [0.25, 0.3) is 11.1 Å². The molecule has 1 amide bonds. The molecule has 1 aromatic heterocycles. The Labute approximate surface area is 195 Å². The van der Waals surface area contributed by atoms with Gasteiger partial charge in [0.15, 0.2) is 0 Å². The molecule has 2 fully saturated rings. The van der Waals surface area contributed by atoms with Crippen molar-refractivity contribution in [1.29, 1.82) is 0 Å². The summed E-state index contributed by atoms with van der Waals surface area (Å²) in [6.07, 6.45) is -1.72. The highest BCUT2D eigenvalue weighted by molar-refractivity contribution is 5.73. The molecule has 2 atom stereocenters. The molecule has 0 N–H and O–H groups in total. The molecule has 2 saturated heterocycles. The second-order valence-corrected chi connectivity index (χ2v) is 9.65. The van der Waals surface area contributed by atoms with Gasteiger partial charge >= 0.3 is 6.36 Å². The van der Waals surface area contributed by atoms with Gasteiger partial charge in [-0.15, -0.1) is 13.2 Å². The van der Waals surface area contributed by atoms with E-state index in [1.54, 1.807) is 13.0 Å². The number of likely N-dealkylation sites (tertiary alicyclic amines) is 2. The Bertz CT molecular complexity index is 1120. The van der Waals surface area contributed by atoms with Crippen LogP contribution in [0.15, 0.2) is 41.2 Å². The lowest BCUT2D eigenvalue weighted by molar-refractivity contribution is -0.274. The van der Waals surface area contributed by atoms with Crippen LogP contribution in [0.4, 0.5) is 13.2 Å². The number of fused-ring (bicyclic) bond motifs is 4. The maximum atomic E-state index is 13.3. The van der Waals surface area contributed by atoms with Crippen molar-refractivity contribution in [2.24, 2.45) is 5.92 Å². The molecule has 0 radical (unpaired) electrons. The van der Waals surface area contributed by atoms with E-state index < -0.39 is 6.36 Å². The maximum absolute atomic E-state index is 13.3. The van der Waals surface area contributed by atoms with Gasteiger partial charge in [-0.25, -0.2) is 0 Å². The van der Waals surface area contributed by atoms with Gasteiger partial charge < -0.3 is 14.2 Å². The Balaban J connectivity index is 1.33. The highest BCUT2D eigenvalue weighted by atomic mass is 19.4. The van der Waals surface area contributed by atoms with Crippen LogP contribution in [0, 0.1) is 5.92 Å². The number of hydrogen-bond acceptors (Lipinski definition) is 4. The van der Waals surface area contributed by atoms with Crippen LogP contribution in [0.3, 0.4) is 0 Å². The number of aromatic nitrogens is 1. The summed E-state index contributed by atoms with van der Waals surface area (Å²) in [5.41, 5.74) is 1.99. The van der Waals surface area contributed by atoms with Crippen LogP contribution >= 0.6 is 0 Å². The van der Waals surface area contributed by atoms with E-state index in [1.807, 2.05) is 15.5 Å². The number of alkyl halides is 3. The molecule has 3 aliphatic rings. The lowest BCUT2D eigenvalue weighted by Crippen LogP contribution is -2.53. The largest absolute Gasteiger partial charge is 0.573 e. The van der Waals surface area contributed by atoms with Crippen LogP contribution in [0.2, 0.25) is 0 Å². The van der Waals surface area contributed by atoms with Crippen molar-refractivity contribution >= 4 is 5.91 Å². The molecule has 0 aliphatic carbocycles. The molecule has 2 aromatic rings. The summed E-state index contributed by atoms with van der Waals surface area (Å²) in [5, 5.41) is 0. The fraction of sp³-hybridized carbons (Fsp3) is 0.520. The van der Waals surface area contributed by atoms with Crippen molar-refractivity contribution in [3.8, 4) is 16.9 Å². The molecule has 0 unspecified atom stereocenters. The summed E-state index contributed by atoms with van der Waals surface area (Å²) in [6, 6.07) is 9.70. The first-order valence-electron chi connectivity index (χ1n) is 11.8. The Kier molecular flexibility index (Phi) is 5.91. The highest BCUT2D eigenvalue weighted by Crippen LogP contribution is 2.38. The van der Waals surface area contributed by atoms with E-state index in [4.69, 9.17) is 0 Å². The van der Waals surface area contributed by atoms with Gasteiger partial charge in [0.25, 0.3) is 5.56 Å². The predicted molar refractivity (Wildman–Crippen MR) is 121 cm³/mol. The summed E-state index contributed by atoms with van der Waals surface area (Å²) in [5.74, 6) is 0.494. The Morgan fingerprint density at radius 3 is 2.35 bits per heavy atom.